The zero-order valence-corrected chi connectivity index (χ0v) is 11.1. The highest BCUT2D eigenvalue weighted by Crippen LogP contribution is 2.19. The summed E-state index contributed by atoms with van der Waals surface area (Å²) in [6.45, 7) is 4.04. The Balaban J connectivity index is 1.98. The molecule has 0 amide bonds. The van der Waals surface area contributed by atoms with Crippen molar-refractivity contribution in [2.75, 3.05) is 19.3 Å². The minimum absolute atomic E-state index is 0.710. The van der Waals surface area contributed by atoms with Gasteiger partial charge in [-0.15, -0.1) is 0 Å². The van der Waals surface area contributed by atoms with Crippen LogP contribution in [-0.2, 0) is 6.54 Å². The Morgan fingerprint density at radius 2 is 2.17 bits per heavy atom. The molecule has 0 saturated heterocycles. The standard InChI is InChI=1S/C14H21N3O/c1-3-4-5-8-17(2)10-14-16-12-7-6-11(15)9-13(12)18-14/h6-7,9H,3-5,8,10,15H2,1-2H3. The van der Waals surface area contributed by atoms with Gasteiger partial charge >= 0.3 is 0 Å². The highest BCUT2D eigenvalue weighted by atomic mass is 16.3. The molecule has 0 saturated carbocycles. The molecule has 1 heterocycles. The van der Waals surface area contributed by atoms with Gasteiger partial charge < -0.3 is 10.2 Å². The van der Waals surface area contributed by atoms with Crippen molar-refractivity contribution in [1.82, 2.24) is 9.88 Å². The number of benzene rings is 1. The van der Waals surface area contributed by atoms with E-state index < -0.39 is 0 Å². The van der Waals surface area contributed by atoms with Crippen molar-refractivity contribution in [2.24, 2.45) is 0 Å². The van der Waals surface area contributed by atoms with Gasteiger partial charge in [0.25, 0.3) is 0 Å². The van der Waals surface area contributed by atoms with E-state index >= 15 is 0 Å². The summed E-state index contributed by atoms with van der Waals surface area (Å²) in [4.78, 5) is 6.70. The quantitative estimate of drug-likeness (QED) is 0.629. The minimum atomic E-state index is 0.710. The SMILES string of the molecule is CCCCCN(C)Cc1nc2ccc(N)cc2o1. The van der Waals surface area contributed by atoms with Crippen molar-refractivity contribution in [2.45, 2.75) is 32.7 Å². The molecule has 2 rings (SSSR count). The second-order valence-electron chi connectivity index (χ2n) is 4.78. The number of oxazole rings is 1. The van der Waals surface area contributed by atoms with Gasteiger partial charge in [-0.25, -0.2) is 4.98 Å². The van der Waals surface area contributed by atoms with Gasteiger partial charge in [-0.2, -0.15) is 0 Å². The zero-order valence-electron chi connectivity index (χ0n) is 11.1. The van der Waals surface area contributed by atoms with Gasteiger partial charge in [0.1, 0.15) is 5.52 Å². The van der Waals surface area contributed by atoms with Gasteiger partial charge in [-0.3, -0.25) is 4.90 Å². The predicted octanol–water partition coefficient (Wildman–Crippen LogP) is 3.03. The molecule has 0 bridgehead atoms. The Labute approximate surface area is 108 Å². The monoisotopic (exact) mass is 247 g/mol. The van der Waals surface area contributed by atoms with Gasteiger partial charge in [-0.1, -0.05) is 19.8 Å². The number of hydrogen-bond acceptors (Lipinski definition) is 4. The number of rotatable bonds is 6. The van der Waals surface area contributed by atoms with Crippen molar-refractivity contribution in [3.8, 4) is 0 Å². The minimum Gasteiger partial charge on any atom is -0.439 e. The molecule has 0 radical (unpaired) electrons. The highest BCUT2D eigenvalue weighted by molar-refractivity contribution is 5.76. The number of hydrogen-bond donors (Lipinski definition) is 1. The maximum absolute atomic E-state index is 5.72. The number of unbranched alkanes of at least 4 members (excludes halogenated alkanes) is 2. The first-order chi connectivity index (χ1) is 8.69. The lowest BCUT2D eigenvalue weighted by Gasteiger charge is -2.13. The Kier molecular flexibility index (Phi) is 4.20. The summed E-state index contributed by atoms with van der Waals surface area (Å²) in [6, 6.07) is 5.57. The molecule has 18 heavy (non-hydrogen) atoms. The summed E-state index contributed by atoms with van der Waals surface area (Å²) in [5, 5.41) is 0. The zero-order chi connectivity index (χ0) is 13.0. The van der Waals surface area contributed by atoms with Crippen LogP contribution in [0.1, 0.15) is 32.1 Å². The van der Waals surface area contributed by atoms with Crippen LogP contribution in [0.25, 0.3) is 11.1 Å². The molecule has 1 aromatic carbocycles. The summed E-state index contributed by atoms with van der Waals surface area (Å²) in [6.07, 6.45) is 3.74. The first-order valence-electron chi connectivity index (χ1n) is 6.52. The number of nitrogen functional groups attached to an aromatic ring is 1. The van der Waals surface area contributed by atoms with Gasteiger partial charge in [0, 0.05) is 11.8 Å². The van der Waals surface area contributed by atoms with Crippen LogP contribution in [0.5, 0.6) is 0 Å². The Morgan fingerprint density at radius 3 is 2.94 bits per heavy atom. The molecular formula is C14H21N3O. The Bertz CT molecular complexity index is 507. The molecule has 0 unspecified atom stereocenters. The number of aromatic nitrogens is 1. The molecule has 2 aromatic rings. The Hall–Kier alpha value is -1.55. The van der Waals surface area contributed by atoms with Crippen LogP contribution in [0.3, 0.4) is 0 Å². The molecule has 0 spiro atoms. The molecule has 98 valence electrons. The van der Waals surface area contributed by atoms with Gasteiger partial charge in [-0.05, 0) is 32.1 Å². The molecule has 2 N–H and O–H groups in total. The van der Waals surface area contributed by atoms with Crippen LogP contribution in [-0.4, -0.2) is 23.5 Å². The highest BCUT2D eigenvalue weighted by Gasteiger charge is 2.08. The van der Waals surface area contributed by atoms with Crippen molar-refractivity contribution in [1.29, 1.82) is 0 Å². The van der Waals surface area contributed by atoms with Crippen molar-refractivity contribution >= 4 is 16.8 Å². The summed E-state index contributed by atoms with van der Waals surface area (Å²) in [7, 11) is 2.10. The van der Waals surface area contributed by atoms with E-state index in [1.54, 1.807) is 0 Å². The normalized spacial score (nSPS) is 11.5. The van der Waals surface area contributed by atoms with Crippen LogP contribution in [0.4, 0.5) is 5.69 Å². The summed E-state index contributed by atoms with van der Waals surface area (Å²) in [5.41, 5.74) is 8.07. The molecule has 4 nitrogen and oxygen atoms in total. The summed E-state index contributed by atoms with van der Waals surface area (Å²) in [5.74, 6) is 0.759. The van der Waals surface area contributed by atoms with Crippen LogP contribution in [0.15, 0.2) is 22.6 Å². The Morgan fingerprint density at radius 1 is 1.33 bits per heavy atom. The molecule has 4 heteroatoms. The summed E-state index contributed by atoms with van der Waals surface area (Å²) >= 11 is 0. The number of nitrogens with zero attached hydrogens (tertiary/aromatic N) is 2. The van der Waals surface area contributed by atoms with E-state index in [2.05, 4.69) is 23.9 Å². The number of fused-ring (bicyclic) bond motifs is 1. The predicted molar refractivity (Wildman–Crippen MR) is 74.3 cm³/mol. The fourth-order valence-electron chi connectivity index (χ4n) is 2.00. The lowest BCUT2D eigenvalue weighted by molar-refractivity contribution is 0.286. The third kappa shape index (κ3) is 3.23. The second-order valence-corrected chi connectivity index (χ2v) is 4.78. The molecule has 0 aliphatic heterocycles. The van der Waals surface area contributed by atoms with Crippen LogP contribution < -0.4 is 5.73 Å². The first-order valence-corrected chi connectivity index (χ1v) is 6.52. The van der Waals surface area contributed by atoms with Gasteiger partial charge in [0.2, 0.25) is 5.89 Å². The second kappa shape index (κ2) is 5.87. The fourth-order valence-corrected chi connectivity index (χ4v) is 2.00. The van der Waals surface area contributed by atoms with E-state index in [1.165, 1.54) is 19.3 Å². The van der Waals surface area contributed by atoms with E-state index in [0.29, 0.717) is 5.69 Å². The third-order valence-corrected chi connectivity index (χ3v) is 3.01. The van der Waals surface area contributed by atoms with E-state index in [-0.39, 0.29) is 0 Å². The van der Waals surface area contributed by atoms with Crippen molar-refractivity contribution in [3.63, 3.8) is 0 Å². The van der Waals surface area contributed by atoms with Crippen molar-refractivity contribution < 1.29 is 4.42 Å². The lowest BCUT2D eigenvalue weighted by Crippen LogP contribution is -2.19. The molecule has 0 aliphatic carbocycles. The van der Waals surface area contributed by atoms with Gasteiger partial charge in [0.15, 0.2) is 5.58 Å². The molecule has 1 aromatic heterocycles. The summed E-state index contributed by atoms with van der Waals surface area (Å²) < 4.78 is 5.69. The third-order valence-electron chi connectivity index (χ3n) is 3.01. The molecule has 0 fully saturated rings. The average molecular weight is 247 g/mol. The lowest BCUT2D eigenvalue weighted by atomic mass is 10.2. The van der Waals surface area contributed by atoms with E-state index in [1.807, 2.05) is 18.2 Å². The number of anilines is 1. The smallest absolute Gasteiger partial charge is 0.209 e. The van der Waals surface area contributed by atoms with E-state index in [9.17, 15) is 0 Å². The van der Waals surface area contributed by atoms with E-state index in [0.717, 1.165) is 30.1 Å². The largest absolute Gasteiger partial charge is 0.439 e. The average Bonchev–Trinajstić information content (AvgIpc) is 2.70. The van der Waals surface area contributed by atoms with Crippen LogP contribution >= 0.6 is 0 Å². The first kappa shape index (κ1) is 12.9. The van der Waals surface area contributed by atoms with Gasteiger partial charge in [0.05, 0.1) is 6.54 Å². The van der Waals surface area contributed by atoms with Crippen LogP contribution in [0, 0.1) is 0 Å². The maximum Gasteiger partial charge on any atom is 0.209 e. The topological polar surface area (TPSA) is 55.3 Å². The fraction of sp³-hybridized carbons (Fsp3) is 0.500. The molecule has 0 atom stereocenters. The molecule has 0 aliphatic rings. The molecular weight excluding hydrogens is 226 g/mol. The number of nitrogens with two attached hydrogens (primary N) is 1. The van der Waals surface area contributed by atoms with Crippen molar-refractivity contribution in [3.05, 3.63) is 24.1 Å². The maximum atomic E-state index is 5.72. The van der Waals surface area contributed by atoms with Crippen LogP contribution in [0.2, 0.25) is 0 Å². The van der Waals surface area contributed by atoms with E-state index in [4.69, 9.17) is 10.2 Å².